The minimum atomic E-state index is -4.15. The van der Waals surface area contributed by atoms with E-state index in [1.165, 1.54) is 6.92 Å². The van der Waals surface area contributed by atoms with E-state index in [4.69, 9.17) is 5.11 Å². The minimum absolute atomic E-state index is 0.232. The van der Waals surface area contributed by atoms with E-state index >= 15 is 0 Å². The number of hydrogen-bond donors (Lipinski definition) is 1. The highest BCUT2D eigenvalue weighted by Crippen LogP contribution is 2.22. The number of rotatable bonds is 4. The molecular formula is C11H10F2O4S. The summed E-state index contributed by atoms with van der Waals surface area (Å²) < 4.78 is 50.0. The Bertz CT molecular complexity index is 620. The first kappa shape index (κ1) is 14.3. The summed E-state index contributed by atoms with van der Waals surface area (Å²) in [7, 11) is -4.15. The second-order valence-electron chi connectivity index (χ2n) is 3.79. The zero-order valence-corrected chi connectivity index (χ0v) is 10.2. The maximum atomic E-state index is 13.4. The molecule has 0 bridgehead atoms. The highest BCUT2D eigenvalue weighted by Gasteiger charge is 2.24. The Hall–Kier alpha value is -1.76. The zero-order chi connectivity index (χ0) is 14.1. The molecule has 98 valence electrons. The highest BCUT2D eigenvalue weighted by atomic mass is 32.2. The predicted octanol–water partition coefficient (Wildman–Crippen LogP) is 2.01. The normalized spacial score (nSPS) is 11.3. The molecule has 18 heavy (non-hydrogen) atoms. The number of carbonyl (C=O) groups is 1. The van der Waals surface area contributed by atoms with Crippen molar-refractivity contribution >= 4 is 15.8 Å². The molecule has 0 saturated carbocycles. The summed E-state index contributed by atoms with van der Waals surface area (Å²) in [5.41, 5.74) is -0.398. The number of benzene rings is 1. The Morgan fingerprint density at radius 1 is 1.39 bits per heavy atom. The molecule has 1 aromatic rings. The second-order valence-corrected chi connectivity index (χ2v) is 5.75. The average Bonchev–Trinajstić information content (AvgIpc) is 2.19. The van der Waals surface area contributed by atoms with Crippen LogP contribution in [0.4, 0.5) is 8.78 Å². The van der Waals surface area contributed by atoms with Gasteiger partial charge in [0, 0.05) is 0 Å². The first-order chi connectivity index (χ1) is 8.15. The maximum absolute atomic E-state index is 13.4. The van der Waals surface area contributed by atoms with Crippen LogP contribution in [0, 0.1) is 11.6 Å². The first-order valence-corrected chi connectivity index (χ1v) is 6.40. The largest absolute Gasteiger partial charge is 0.478 e. The van der Waals surface area contributed by atoms with Gasteiger partial charge in [0.2, 0.25) is 0 Å². The van der Waals surface area contributed by atoms with E-state index in [0.29, 0.717) is 12.1 Å². The number of hydrogen-bond acceptors (Lipinski definition) is 3. The van der Waals surface area contributed by atoms with Gasteiger partial charge in [-0.2, -0.15) is 0 Å². The van der Waals surface area contributed by atoms with Crippen molar-refractivity contribution in [2.24, 2.45) is 0 Å². The van der Waals surface area contributed by atoms with Gasteiger partial charge in [0.25, 0.3) is 0 Å². The van der Waals surface area contributed by atoms with Crippen molar-refractivity contribution in [3.8, 4) is 0 Å². The molecule has 1 rings (SSSR count). The van der Waals surface area contributed by atoms with E-state index in [1.807, 2.05) is 0 Å². The maximum Gasteiger partial charge on any atom is 0.335 e. The van der Waals surface area contributed by atoms with Gasteiger partial charge in [0.05, 0.1) is 11.3 Å². The van der Waals surface area contributed by atoms with E-state index in [-0.39, 0.29) is 5.57 Å². The van der Waals surface area contributed by atoms with E-state index < -0.39 is 43.7 Å². The van der Waals surface area contributed by atoms with E-state index in [2.05, 4.69) is 6.58 Å². The predicted molar refractivity (Wildman–Crippen MR) is 60.2 cm³/mol. The fourth-order valence-corrected chi connectivity index (χ4v) is 2.80. The highest BCUT2D eigenvalue weighted by molar-refractivity contribution is 7.91. The van der Waals surface area contributed by atoms with Crippen molar-refractivity contribution in [2.45, 2.75) is 11.8 Å². The summed E-state index contributed by atoms with van der Waals surface area (Å²) in [6.07, 6.45) is 0. The third-order valence-electron chi connectivity index (χ3n) is 2.01. The summed E-state index contributed by atoms with van der Waals surface area (Å²) >= 11 is 0. The van der Waals surface area contributed by atoms with Gasteiger partial charge in [0.1, 0.15) is 4.90 Å². The molecule has 0 saturated heterocycles. The summed E-state index contributed by atoms with van der Waals surface area (Å²) in [6.45, 7) is 4.77. The average molecular weight is 276 g/mol. The van der Waals surface area contributed by atoms with Crippen LogP contribution in [-0.4, -0.2) is 25.2 Å². The summed E-state index contributed by atoms with van der Waals surface area (Å²) in [4.78, 5) is 9.69. The topological polar surface area (TPSA) is 71.4 Å². The molecule has 0 fully saturated rings. The zero-order valence-electron chi connectivity index (χ0n) is 9.41. The van der Waals surface area contributed by atoms with Gasteiger partial charge >= 0.3 is 5.97 Å². The Morgan fingerprint density at radius 3 is 2.39 bits per heavy atom. The van der Waals surface area contributed by atoms with Gasteiger partial charge in [-0.1, -0.05) is 12.2 Å². The van der Waals surface area contributed by atoms with Gasteiger partial charge in [0.15, 0.2) is 21.5 Å². The lowest BCUT2D eigenvalue weighted by molar-refractivity contribution is 0.0696. The fraction of sp³-hybridized carbons (Fsp3) is 0.182. The lowest BCUT2D eigenvalue weighted by Gasteiger charge is -2.07. The lowest BCUT2D eigenvalue weighted by Crippen LogP contribution is -2.12. The number of halogens is 2. The molecule has 0 aliphatic rings. The monoisotopic (exact) mass is 276 g/mol. The standard InChI is InChI=1S/C11H10F2O4S/c1-6(2)5-18(16,17)9-4-7(11(14)15)3-8(12)10(9)13/h3-4H,1,5H2,2H3,(H,14,15). The van der Waals surface area contributed by atoms with Crippen LogP contribution >= 0.6 is 0 Å². The Kier molecular flexibility index (Phi) is 3.85. The molecule has 4 nitrogen and oxygen atoms in total. The van der Waals surface area contributed by atoms with Crippen LogP contribution in [0.2, 0.25) is 0 Å². The molecule has 0 aliphatic carbocycles. The van der Waals surface area contributed by atoms with E-state index in [1.54, 1.807) is 0 Å². The van der Waals surface area contributed by atoms with Crippen molar-refractivity contribution in [3.05, 3.63) is 41.5 Å². The Balaban J connectivity index is 3.49. The summed E-state index contributed by atoms with van der Waals surface area (Å²) in [6, 6.07) is 1.02. The number of carboxylic acid groups (broad SMARTS) is 1. The molecule has 7 heteroatoms. The molecule has 1 aromatic carbocycles. The lowest BCUT2D eigenvalue weighted by atomic mass is 10.2. The molecule has 1 N–H and O–H groups in total. The van der Waals surface area contributed by atoms with Crippen LogP contribution in [0.3, 0.4) is 0 Å². The van der Waals surface area contributed by atoms with E-state index in [0.717, 1.165) is 0 Å². The van der Waals surface area contributed by atoms with Crippen LogP contribution in [0.1, 0.15) is 17.3 Å². The number of sulfone groups is 1. The number of aromatic carboxylic acids is 1. The SMILES string of the molecule is C=C(C)CS(=O)(=O)c1cc(C(=O)O)cc(F)c1F. The van der Waals surface area contributed by atoms with Gasteiger partial charge in [-0.3, -0.25) is 0 Å². The van der Waals surface area contributed by atoms with Gasteiger partial charge in [-0.25, -0.2) is 22.0 Å². The molecule has 0 heterocycles. The molecule has 0 spiro atoms. The minimum Gasteiger partial charge on any atom is -0.478 e. The second kappa shape index (κ2) is 4.85. The van der Waals surface area contributed by atoms with Crippen LogP contribution in [0.5, 0.6) is 0 Å². The Labute approximate surface area is 102 Å². The molecule has 0 radical (unpaired) electrons. The molecule has 0 atom stereocenters. The van der Waals surface area contributed by atoms with Crippen LogP contribution < -0.4 is 0 Å². The van der Waals surface area contributed by atoms with Crippen molar-refractivity contribution < 1.29 is 27.1 Å². The van der Waals surface area contributed by atoms with Crippen LogP contribution in [0.25, 0.3) is 0 Å². The van der Waals surface area contributed by atoms with Gasteiger partial charge < -0.3 is 5.11 Å². The molecule has 0 unspecified atom stereocenters. The summed E-state index contributed by atoms with van der Waals surface area (Å²) in [5.74, 6) is -5.22. The third kappa shape index (κ3) is 2.92. The van der Waals surface area contributed by atoms with E-state index in [9.17, 15) is 22.0 Å². The van der Waals surface area contributed by atoms with Crippen molar-refractivity contribution in [2.75, 3.05) is 5.75 Å². The quantitative estimate of drug-likeness (QED) is 0.854. The Morgan fingerprint density at radius 2 is 1.94 bits per heavy atom. The first-order valence-electron chi connectivity index (χ1n) is 4.74. The molecule has 0 aromatic heterocycles. The summed E-state index contributed by atoms with van der Waals surface area (Å²) in [5, 5.41) is 8.67. The molecule has 0 aliphatic heterocycles. The number of carboxylic acids is 1. The molecule has 0 amide bonds. The third-order valence-corrected chi connectivity index (χ3v) is 3.85. The van der Waals surface area contributed by atoms with Crippen LogP contribution in [0.15, 0.2) is 29.2 Å². The van der Waals surface area contributed by atoms with Crippen LogP contribution in [-0.2, 0) is 9.84 Å². The fourth-order valence-electron chi connectivity index (χ4n) is 1.32. The van der Waals surface area contributed by atoms with Gasteiger partial charge in [-0.15, -0.1) is 0 Å². The van der Waals surface area contributed by atoms with Crippen molar-refractivity contribution in [1.82, 2.24) is 0 Å². The molecular weight excluding hydrogens is 266 g/mol. The van der Waals surface area contributed by atoms with Gasteiger partial charge in [-0.05, 0) is 19.1 Å². The smallest absolute Gasteiger partial charge is 0.335 e. The van der Waals surface area contributed by atoms with Crippen molar-refractivity contribution in [1.29, 1.82) is 0 Å². The van der Waals surface area contributed by atoms with Crippen molar-refractivity contribution in [3.63, 3.8) is 0 Å².